The number of carbonyl (C=O) groups excluding carboxylic acids is 2. The van der Waals surface area contributed by atoms with Gasteiger partial charge in [0.05, 0.1) is 22.0 Å². The topological polar surface area (TPSA) is 86.8 Å². The van der Waals surface area contributed by atoms with Crippen LogP contribution in [0, 0.1) is 17.8 Å². The van der Waals surface area contributed by atoms with Gasteiger partial charge >= 0.3 is 0 Å². The average molecular weight is 661 g/mol. The second kappa shape index (κ2) is 12.5. The highest BCUT2D eigenvalue weighted by Gasteiger charge is 2.51. The van der Waals surface area contributed by atoms with Gasteiger partial charge < -0.3 is 10.2 Å². The Morgan fingerprint density at radius 2 is 1.52 bits per heavy atom. The Hall–Kier alpha value is -2.29. The van der Waals surface area contributed by atoms with E-state index in [9.17, 15) is 18.0 Å². The largest absolute Gasteiger partial charge is 0.352 e. The molecule has 7 rings (SSSR count). The van der Waals surface area contributed by atoms with Crippen molar-refractivity contribution in [2.75, 3.05) is 17.1 Å². The van der Waals surface area contributed by atoms with E-state index in [1.54, 1.807) is 25.1 Å². The standard InChI is InChI=1S/C34H43Cl2N3O4S/c1-22(33(41)37-28-5-3-4-6-28)38(20-23-7-12-30(35)31(36)16-23)32(40)21-39(44(2,42)43)29-10-8-27(9-11-29)34-17-24-13-25(18-34)15-26(14-24)19-34/h7-12,16,22,24-26,28H,3-6,13-15,17-21H2,1-2H3,(H,37,41). The molecule has 0 spiro atoms. The van der Waals surface area contributed by atoms with Crippen LogP contribution in [0.4, 0.5) is 5.69 Å². The van der Waals surface area contributed by atoms with E-state index in [1.807, 2.05) is 12.1 Å². The molecule has 2 aromatic carbocycles. The first-order valence-corrected chi connectivity index (χ1v) is 18.6. The van der Waals surface area contributed by atoms with E-state index in [0.29, 0.717) is 21.3 Å². The molecule has 0 heterocycles. The summed E-state index contributed by atoms with van der Waals surface area (Å²) in [7, 11) is -3.81. The summed E-state index contributed by atoms with van der Waals surface area (Å²) in [4.78, 5) is 28.8. The minimum absolute atomic E-state index is 0.0809. The number of hydrogen-bond donors (Lipinski definition) is 1. The maximum absolute atomic E-state index is 14.0. The molecule has 0 radical (unpaired) electrons. The van der Waals surface area contributed by atoms with Crippen LogP contribution in [0.1, 0.15) is 82.3 Å². The zero-order valence-corrected chi connectivity index (χ0v) is 27.9. The molecular formula is C34H43Cl2N3O4S. The summed E-state index contributed by atoms with van der Waals surface area (Å²) in [5.74, 6) is 1.69. The second-order valence-electron chi connectivity index (χ2n) is 14.0. The van der Waals surface area contributed by atoms with E-state index in [4.69, 9.17) is 23.2 Å². The predicted molar refractivity (Wildman–Crippen MR) is 175 cm³/mol. The number of halogens is 2. The van der Waals surface area contributed by atoms with Gasteiger partial charge in [0.15, 0.2) is 0 Å². The van der Waals surface area contributed by atoms with Gasteiger partial charge in [0, 0.05) is 12.6 Å². The lowest BCUT2D eigenvalue weighted by atomic mass is 9.48. The molecule has 5 aliphatic carbocycles. The highest BCUT2D eigenvalue weighted by atomic mass is 35.5. The molecule has 10 heteroatoms. The molecule has 5 aliphatic rings. The second-order valence-corrected chi connectivity index (χ2v) is 16.7. The average Bonchev–Trinajstić information content (AvgIpc) is 3.48. The molecule has 238 valence electrons. The molecular weight excluding hydrogens is 617 g/mol. The van der Waals surface area contributed by atoms with Crippen molar-refractivity contribution in [2.45, 2.75) is 95.2 Å². The number of hydrogen-bond acceptors (Lipinski definition) is 4. The normalized spacial score (nSPS) is 26.9. The Balaban J connectivity index is 1.24. The van der Waals surface area contributed by atoms with Crippen molar-refractivity contribution in [1.82, 2.24) is 10.2 Å². The Bertz CT molecular complexity index is 1470. The van der Waals surface area contributed by atoms with E-state index >= 15 is 0 Å². The predicted octanol–water partition coefficient (Wildman–Crippen LogP) is 6.70. The Morgan fingerprint density at radius 3 is 2.07 bits per heavy atom. The molecule has 7 nitrogen and oxygen atoms in total. The van der Waals surface area contributed by atoms with E-state index in [2.05, 4.69) is 17.4 Å². The van der Waals surface area contributed by atoms with Crippen molar-refractivity contribution in [1.29, 1.82) is 0 Å². The van der Waals surface area contributed by atoms with E-state index < -0.39 is 28.5 Å². The monoisotopic (exact) mass is 659 g/mol. The zero-order valence-electron chi connectivity index (χ0n) is 25.6. The third-order valence-corrected chi connectivity index (χ3v) is 12.6. The molecule has 1 unspecified atom stereocenters. The number of nitrogens with zero attached hydrogens (tertiary/aromatic N) is 2. The number of rotatable bonds is 10. The van der Waals surface area contributed by atoms with Crippen LogP contribution in [0.15, 0.2) is 42.5 Å². The minimum atomic E-state index is -3.81. The lowest BCUT2D eigenvalue weighted by molar-refractivity contribution is -0.139. The summed E-state index contributed by atoms with van der Waals surface area (Å²) in [5, 5.41) is 3.82. The zero-order chi connectivity index (χ0) is 31.2. The first-order chi connectivity index (χ1) is 20.9. The molecule has 2 aromatic rings. The van der Waals surface area contributed by atoms with Crippen molar-refractivity contribution in [3.8, 4) is 0 Å². The molecule has 5 saturated carbocycles. The lowest BCUT2D eigenvalue weighted by Crippen LogP contribution is -2.52. The van der Waals surface area contributed by atoms with Gasteiger partial charge in [-0.15, -0.1) is 0 Å². The molecule has 0 saturated heterocycles. The number of carbonyl (C=O) groups is 2. The van der Waals surface area contributed by atoms with E-state index in [1.165, 1.54) is 49.0 Å². The van der Waals surface area contributed by atoms with Gasteiger partial charge in [0.25, 0.3) is 0 Å². The summed E-state index contributed by atoms with van der Waals surface area (Å²) in [5.41, 5.74) is 2.63. The number of amides is 2. The van der Waals surface area contributed by atoms with Crippen molar-refractivity contribution in [3.05, 3.63) is 63.6 Å². The van der Waals surface area contributed by atoms with Crippen LogP contribution >= 0.6 is 23.2 Å². The highest BCUT2D eigenvalue weighted by Crippen LogP contribution is 2.60. The SMILES string of the molecule is CC(C(=O)NC1CCCC1)N(Cc1ccc(Cl)c(Cl)c1)C(=O)CN(c1ccc(C23CC4CC(CC(C4)C2)C3)cc1)S(C)(=O)=O. The number of benzene rings is 2. The summed E-state index contributed by atoms with van der Waals surface area (Å²) in [6.45, 7) is 1.35. The van der Waals surface area contributed by atoms with Crippen molar-refractivity contribution in [3.63, 3.8) is 0 Å². The summed E-state index contributed by atoms with van der Waals surface area (Å²) in [6, 6.07) is 12.2. The van der Waals surface area contributed by atoms with Crippen molar-refractivity contribution < 1.29 is 18.0 Å². The van der Waals surface area contributed by atoms with Gasteiger partial charge in [-0.2, -0.15) is 0 Å². The van der Waals surface area contributed by atoms with Gasteiger partial charge in [0.2, 0.25) is 21.8 Å². The fraction of sp³-hybridized carbons (Fsp3) is 0.588. The van der Waals surface area contributed by atoms with Crippen LogP contribution in [0.2, 0.25) is 10.0 Å². The Labute approximate surface area is 271 Å². The van der Waals surface area contributed by atoms with Crippen LogP contribution in [-0.2, 0) is 31.6 Å². The smallest absolute Gasteiger partial charge is 0.244 e. The third kappa shape index (κ3) is 6.63. The first kappa shape index (κ1) is 31.7. The maximum atomic E-state index is 14.0. The summed E-state index contributed by atoms with van der Waals surface area (Å²) >= 11 is 12.4. The van der Waals surface area contributed by atoms with Crippen LogP contribution < -0.4 is 9.62 Å². The lowest BCUT2D eigenvalue weighted by Gasteiger charge is -2.57. The Morgan fingerprint density at radius 1 is 0.932 bits per heavy atom. The van der Waals surface area contributed by atoms with Crippen LogP contribution in [0.5, 0.6) is 0 Å². The van der Waals surface area contributed by atoms with E-state index in [0.717, 1.165) is 54.0 Å². The Kier molecular flexibility index (Phi) is 8.99. The summed E-state index contributed by atoms with van der Waals surface area (Å²) in [6.07, 6.45) is 12.8. The third-order valence-electron chi connectivity index (χ3n) is 10.7. The number of anilines is 1. The molecule has 1 N–H and O–H groups in total. The molecule has 44 heavy (non-hydrogen) atoms. The molecule has 0 aliphatic heterocycles. The highest BCUT2D eigenvalue weighted by molar-refractivity contribution is 7.92. The van der Waals surface area contributed by atoms with Crippen LogP contribution in [0.3, 0.4) is 0 Å². The molecule has 4 bridgehead atoms. The fourth-order valence-electron chi connectivity index (χ4n) is 8.87. The van der Waals surface area contributed by atoms with Gasteiger partial charge in [-0.25, -0.2) is 8.42 Å². The number of nitrogens with one attached hydrogen (secondary N) is 1. The molecule has 5 fully saturated rings. The minimum Gasteiger partial charge on any atom is -0.352 e. The van der Waals surface area contributed by atoms with Crippen LogP contribution in [-0.4, -0.2) is 50.0 Å². The van der Waals surface area contributed by atoms with Crippen molar-refractivity contribution in [2.24, 2.45) is 17.8 Å². The van der Waals surface area contributed by atoms with Gasteiger partial charge in [0.1, 0.15) is 12.6 Å². The van der Waals surface area contributed by atoms with Gasteiger partial charge in [-0.1, -0.05) is 54.2 Å². The molecule has 1 atom stereocenters. The van der Waals surface area contributed by atoms with E-state index in [-0.39, 0.29) is 23.9 Å². The summed E-state index contributed by atoms with van der Waals surface area (Å²) < 4.78 is 27.4. The fourth-order valence-corrected chi connectivity index (χ4v) is 10.0. The molecule has 2 amide bonds. The van der Waals surface area contributed by atoms with Crippen LogP contribution in [0.25, 0.3) is 0 Å². The number of sulfonamides is 1. The van der Waals surface area contributed by atoms with Crippen molar-refractivity contribution >= 4 is 50.7 Å². The van der Waals surface area contributed by atoms with Gasteiger partial charge in [-0.05, 0) is 117 Å². The maximum Gasteiger partial charge on any atom is 0.244 e. The molecule has 0 aromatic heterocycles. The first-order valence-electron chi connectivity index (χ1n) is 16.0. The quantitative estimate of drug-likeness (QED) is 0.307. The van der Waals surface area contributed by atoms with Gasteiger partial charge in [-0.3, -0.25) is 13.9 Å².